The van der Waals surface area contributed by atoms with Crippen LogP contribution in [0.5, 0.6) is 11.5 Å². The van der Waals surface area contributed by atoms with Crippen molar-refractivity contribution in [3.05, 3.63) is 419 Å². The van der Waals surface area contributed by atoms with Gasteiger partial charge in [0.2, 0.25) is 6.71 Å². The summed E-state index contributed by atoms with van der Waals surface area (Å²) in [5, 5.41) is 2.11. The van der Waals surface area contributed by atoms with E-state index in [-0.39, 0.29) is 27.8 Å². The number of hydrogen-bond acceptors (Lipinski definition) is 3. The molecule has 0 unspecified atom stereocenters. The van der Waals surface area contributed by atoms with Crippen molar-refractivity contribution < 1.29 is 30.4 Å². The van der Waals surface area contributed by atoms with E-state index >= 15 is 0 Å². The first-order valence-electron chi connectivity index (χ1n) is 37.0. The van der Waals surface area contributed by atoms with Crippen LogP contribution in [0.15, 0.2) is 401 Å². The van der Waals surface area contributed by atoms with Gasteiger partial charge in [-0.05, 0) is 172 Å². The third-order valence-corrected chi connectivity index (χ3v) is 21.3. The first-order valence-corrected chi connectivity index (χ1v) is 37.0. The number of para-hydroxylation sites is 6. The van der Waals surface area contributed by atoms with Crippen molar-refractivity contribution in [2.24, 2.45) is 0 Å². The molecule has 16 aromatic carbocycles. The second-order valence-corrected chi connectivity index (χ2v) is 27.7. The number of hydrogen-bond donors (Lipinski definition) is 0. The Morgan fingerprint density at radius 1 is 0.327 bits per heavy atom. The van der Waals surface area contributed by atoms with Crippen LogP contribution in [0.25, 0.3) is 139 Å². The molecular weight excluding hydrogens is 1520 g/mol. The van der Waals surface area contributed by atoms with Gasteiger partial charge in [0.25, 0.3) is 6.33 Å². The van der Waals surface area contributed by atoms with E-state index in [4.69, 9.17) is 9.72 Å². The van der Waals surface area contributed by atoms with Crippen molar-refractivity contribution in [1.29, 1.82) is 0 Å². The summed E-state index contributed by atoms with van der Waals surface area (Å²) in [7, 11) is 0. The zero-order valence-corrected chi connectivity index (χ0v) is 61.9. The Kier molecular flexibility index (Phi) is 17.6. The summed E-state index contributed by atoms with van der Waals surface area (Å²) in [6.07, 6.45) is 5.91. The van der Waals surface area contributed by atoms with Crippen LogP contribution in [0.3, 0.4) is 0 Å². The zero-order valence-electron chi connectivity index (χ0n) is 59.6. The smallest absolute Gasteiger partial charge is 0.268 e. The fraction of sp³-hybridized carbons (Fsp3) is 0. The van der Waals surface area contributed by atoms with Crippen LogP contribution in [0.4, 0.5) is 17.1 Å². The minimum absolute atomic E-state index is 0. The van der Waals surface area contributed by atoms with E-state index < -0.39 is 0 Å². The standard InChI is InChI=1S/C102H66BN5O.Pt/c1-7-30-70(31-8-1)76-60-77(71-32-9-2-10-33-71)63-80(62-76)88-47-29-48-89(81-64-78(72-34-11-3-12-35-72)61-79(65-81)73-36-13-4-14-37-73)102(88)106-69-105(97-54-25-26-55-98(97)106)82-42-27-43-84(66-82)109-85-56-57-91-90-44-19-22-51-94(90)108(99(91)68-85)100-67-83(58-59-104-100)107-95-52-23-20-49-92(95)103(93-50-21-24-53-96(93)107)101-86(74-38-15-5-16-39-74)45-28-46-87(101)75-40-17-6-18-41-75;/h1-65,67H;/q-2;. The summed E-state index contributed by atoms with van der Waals surface area (Å²) >= 11 is 0. The molecule has 0 N–H and O–H groups in total. The van der Waals surface area contributed by atoms with Gasteiger partial charge in [-0.2, -0.15) is 18.2 Å². The van der Waals surface area contributed by atoms with Crippen molar-refractivity contribution in [2.45, 2.75) is 0 Å². The van der Waals surface area contributed by atoms with Gasteiger partial charge in [-0.3, -0.25) is 4.57 Å². The van der Waals surface area contributed by atoms with Crippen molar-refractivity contribution in [3.8, 4) is 118 Å². The Bertz CT molecular complexity index is 6280. The molecule has 3 aromatic heterocycles. The van der Waals surface area contributed by atoms with Crippen LogP contribution in [0, 0.1) is 18.5 Å². The molecule has 0 spiro atoms. The molecule has 110 heavy (non-hydrogen) atoms. The number of imidazole rings is 1. The van der Waals surface area contributed by atoms with Gasteiger partial charge in [-0.15, -0.1) is 29.7 Å². The second-order valence-electron chi connectivity index (χ2n) is 27.7. The maximum Gasteiger partial charge on any atom is 0.268 e. The Labute approximate surface area is 654 Å². The molecule has 0 fully saturated rings. The maximum absolute atomic E-state index is 7.01. The summed E-state index contributed by atoms with van der Waals surface area (Å²) in [6.45, 7) is -0.0962. The van der Waals surface area contributed by atoms with E-state index in [0.29, 0.717) is 11.5 Å². The number of ether oxygens (including phenoxy) is 1. The fourth-order valence-electron chi connectivity index (χ4n) is 16.4. The van der Waals surface area contributed by atoms with Gasteiger partial charge >= 0.3 is 0 Å². The van der Waals surface area contributed by atoms with Crippen molar-refractivity contribution in [3.63, 3.8) is 0 Å². The van der Waals surface area contributed by atoms with Gasteiger partial charge < -0.3 is 18.8 Å². The first kappa shape index (κ1) is 66.9. The molecule has 0 aliphatic carbocycles. The number of anilines is 3. The van der Waals surface area contributed by atoms with E-state index in [1.165, 1.54) is 38.6 Å². The molecule has 0 saturated carbocycles. The number of aromatic nitrogens is 4. The van der Waals surface area contributed by atoms with Crippen LogP contribution in [0.1, 0.15) is 0 Å². The number of benzene rings is 16. The molecule has 6 nitrogen and oxygen atoms in total. The van der Waals surface area contributed by atoms with Crippen molar-refractivity contribution in [2.75, 3.05) is 4.90 Å². The van der Waals surface area contributed by atoms with Gasteiger partial charge in [0.15, 0.2) is 0 Å². The van der Waals surface area contributed by atoms with Gasteiger partial charge in [-0.25, -0.2) is 4.98 Å². The Morgan fingerprint density at radius 3 is 1.30 bits per heavy atom. The minimum atomic E-state index is -0.0962. The minimum Gasteiger partial charge on any atom is -0.510 e. The molecule has 0 amide bonds. The second kappa shape index (κ2) is 28.9. The topological polar surface area (TPSA) is 39.1 Å². The molecule has 20 rings (SSSR count). The molecular formula is C102H66BN5OPt-2. The van der Waals surface area contributed by atoms with E-state index in [1.54, 1.807) is 0 Å². The average molecular weight is 1580 g/mol. The van der Waals surface area contributed by atoms with E-state index in [2.05, 4.69) is 413 Å². The number of rotatable bonds is 15. The van der Waals surface area contributed by atoms with Crippen LogP contribution >= 0.6 is 0 Å². The van der Waals surface area contributed by atoms with Gasteiger partial charge in [0, 0.05) is 61.7 Å². The van der Waals surface area contributed by atoms with E-state index in [1.807, 2.05) is 24.4 Å². The first-order chi connectivity index (χ1) is 54.1. The van der Waals surface area contributed by atoms with Gasteiger partial charge in [0.05, 0.1) is 22.4 Å². The fourth-order valence-corrected chi connectivity index (χ4v) is 16.4. The van der Waals surface area contributed by atoms with Crippen molar-refractivity contribution >= 4 is 73.0 Å². The van der Waals surface area contributed by atoms with E-state index in [9.17, 15) is 0 Å². The van der Waals surface area contributed by atoms with Crippen molar-refractivity contribution in [1.82, 2.24) is 14.1 Å². The summed E-state index contributed by atoms with van der Waals surface area (Å²) in [6, 6.07) is 149. The largest absolute Gasteiger partial charge is 0.510 e. The molecule has 520 valence electrons. The Hall–Kier alpha value is -13.7. The SMILES string of the molecule is [Pt].[c-]1c(Oc2[c-]c3c(cc2)c2ccccc2n3-c2cc(N3c4ccccc4B(c4c(-c5ccccc5)cccc4-c4ccccc4)c4ccccc43)ccn2)cccc1-n1[c-][n+](-c2c(-c3cc(-c4ccccc4)cc(-c4ccccc4)c3)cccc2-c2cc(-c3ccccc3)cc(-c3ccccc3)c2)c2ccccc21. The Morgan fingerprint density at radius 2 is 0.764 bits per heavy atom. The van der Waals surface area contributed by atoms with Crippen LogP contribution in [-0.4, -0.2) is 20.8 Å². The van der Waals surface area contributed by atoms with Crippen LogP contribution in [0.2, 0.25) is 0 Å². The molecule has 0 radical (unpaired) electrons. The molecule has 0 saturated heterocycles. The summed E-state index contributed by atoms with van der Waals surface area (Å²) in [5.74, 6) is 1.81. The number of nitrogens with zero attached hydrogens (tertiary/aromatic N) is 5. The molecule has 4 heterocycles. The number of fused-ring (bicyclic) bond motifs is 6. The van der Waals surface area contributed by atoms with Gasteiger partial charge in [0.1, 0.15) is 5.82 Å². The molecule has 0 bridgehead atoms. The molecule has 0 atom stereocenters. The van der Waals surface area contributed by atoms with Crippen LogP contribution < -0.4 is 30.6 Å². The van der Waals surface area contributed by atoms with E-state index in [0.717, 1.165) is 134 Å². The summed E-state index contributed by atoms with van der Waals surface area (Å²) in [4.78, 5) is 7.64. The Balaban J connectivity index is 0.00000819. The quantitative estimate of drug-likeness (QED) is 0.0583. The average Bonchev–Trinajstić information content (AvgIpc) is 1.03. The third kappa shape index (κ3) is 12.2. The van der Waals surface area contributed by atoms with Crippen LogP contribution in [-0.2, 0) is 21.1 Å². The third-order valence-electron chi connectivity index (χ3n) is 21.3. The predicted molar refractivity (Wildman–Crippen MR) is 449 cm³/mol. The van der Waals surface area contributed by atoms with Gasteiger partial charge in [-0.1, -0.05) is 308 Å². The number of pyridine rings is 1. The zero-order chi connectivity index (χ0) is 72.1. The normalized spacial score (nSPS) is 11.7. The molecule has 1 aliphatic rings. The molecule has 19 aromatic rings. The summed E-state index contributed by atoms with van der Waals surface area (Å²) < 4.78 is 13.6. The molecule has 8 heteroatoms. The maximum atomic E-state index is 7.01. The monoisotopic (exact) mass is 1580 g/mol. The predicted octanol–water partition coefficient (Wildman–Crippen LogP) is 23.2. The molecule has 1 aliphatic heterocycles. The summed E-state index contributed by atoms with van der Waals surface area (Å²) in [5.41, 5.74) is 30.4.